The minimum atomic E-state index is -0.187. The molecular formula is C15H21NO2. The second kappa shape index (κ2) is 5.11. The molecule has 3 heteroatoms. The van der Waals surface area contributed by atoms with Gasteiger partial charge in [0.25, 0.3) is 0 Å². The first-order valence-corrected chi connectivity index (χ1v) is 6.48. The Kier molecular flexibility index (Phi) is 3.71. The average molecular weight is 247 g/mol. The number of amides is 1. The molecule has 18 heavy (non-hydrogen) atoms. The predicted molar refractivity (Wildman–Crippen MR) is 72.6 cm³/mol. The van der Waals surface area contributed by atoms with Crippen LogP contribution in [0.25, 0.3) is 0 Å². The number of hydrogen-bond donors (Lipinski definition) is 1. The van der Waals surface area contributed by atoms with E-state index in [0.29, 0.717) is 6.61 Å². The van der Waals surface area contributed by atoms with Crippen LogP contribution in [0.2, 0.25) is 0 Å². The zero-order valence-electron chi connectivity index (χ0n) is 11.3. The number of benzene rings is 1. The Morgan fingerprint density at radius 3 is 2.61 bits per heavy atom. The largest absolute Gasteiger partial charge is 0.376 e. The summed E-state index contributed by atoms with van der Waals surface area (Å²) >= 11 is 0. The van der Waals surface area contributed by atoms with Gasteiger partial charge in [0.1, 0.15) is 0 Å². The molecule has 1 N–H and O–H groups in total. The second-order valence-corrected chi connectivity index (χ2v) is 5.65. The Bertz CT molecular complexity index is 423. The van der Waals surface area contributed by atoms with Crippen molar-refractivity contribution >= 4 is 11.6 Å². The van der Waals surface area contributed by atoms with Crippen LogP contribution in [0.3, 0.4) is 0 Å². The summed E-state index contributed by atoms with van der Waals surface area (Å²) in [5, 5.41) is 2.98. The number of rotatable bonds is 2. The molecule has 1 fully saturated rings. The third kappa shape index (κ3) is 3.33. The molecule has 1 aliphatic rings. The lowest BCUT2D eigenvalue weighted by Gasteiger charge is -2.34. The molecule has 1 saturated heterocycles. The van der Waals surface area contributed by atoms with Crippen molar-refractivity contribution in [2.45, 2.75) is 39.2 Å². The molecule has 1 aromatic carbocycles. The Morgan fingerprint density at radius 1 is 1.33 bits per heavy atom. The highest BCUT2D eigenvalue weighted by Crippen LogP contribution is 2.29. The van der Waals surface area contributed by atoms with E-state index in [1.165, 1.54) is 5.56 Å². The van der Waals surface area contributed by atoms with E-state index in [1.54, 1.807) is 0 Å². The molecule has 0 aliphatic carbocycles. The summed E-state index contributed by atoms with van der Waals surface area (Å²) in [5.41, 5.74) is 1.88. The summed E-state index contributed by atoms with van der Waals surface area (Å²) in [6, 6.07) is 7.89. The number of nitrogens with one attached hydrogen (secondary N) is 1. The smallest absolute Gasteiger partial charge is 0.227 e. The molecule has 0 unspecified atom stereocenters. The molecule has 0 saturated carbocycles. The van der Waals surface area contributed by atoms with Crippen LogP contribution in [0.1, 0.15) is 32.3 Å². The van der Waals surface area contributed by atoms with E-state index in [-0.39, 0.29) is 17.4 Å². The van der Waals surface area contributed by atoms with Crippen molar-refractivity contribution in [3.8, 4) is 0 Å². The number of hydrogen-bond acceptors (Lipinski definition) is 2. The number of carbonyl (C=O) groups excluding carboxylic acids is 1. The molecule has 0 aromatic heterocycles. The van der Waals surface area contributed by atoms with Crippen molar-refractivity contribution in [2.24, 2.45) is 5.92 Å². The van der Waals surface area contributed by atoms with Crippen LogP contribution in [0, 0.1) is 12.8 Å². The molecule has 1 aromatic rings. The lowest BCUT2D eigenvalue weighted by Crippen LogP contribution is -2.39. The van der Waals surface area contributed by atoms with Crippen molar-refractivity contribution in [1.29, 1.82) is 0 Å². The summed E-state index contributed by atoms with van der Waals surface area (Å²) < 4.78 is 5.63. The van der Waals surface area contributed by atoms with Crippen LogP contribution in [0.15, 0.2) is 24.3 Å². The molecule has 2 rings (SSSR count). The van der Waals surface area contributed by atoms with Crippen molar-refractivity contribution in [3.05, 3.63) is 29.8 Å². The standard InChI is InChI=1S/C15H21NO2/c1-11-4-6-13(7-5-11)16-14(17)12-8-9-18-15(2,3)10-12/h4-7,12H,8-10H2,1-3H3,(H,16,17)/t12-/m1/s1. The lowest BCUT2D eigenvalue weighted by atomic mass is 9.88. The van der Waals surface area contributed by atoms with Crippen LogP contribution in [0.4, 0.5) is 5.69 Å². The Hall–Kier alpha value is -1.35. The fourth-order valence-corrected chi connectivity index (χ4v) is 2.34. The average Bonchev–Trinajstić information content (AvgIpc) is 2.31. The molecule has 1 amide bonds. The maximum Gasteiger partial charge on any atom is 0.227 e. The monoisotopic (exact) mass is 247 g/mol. The number of ether oxygens (including phenoxy) is 1. The number of carbonyl (C=O) groups is 1. The van der Waals surface area contributed by atoms with Gasteiger partial charge in [0, 0.05) is 18.2 Å². The normalized spacial score (nSPS) is 22.5. The molecule has 0 radical (unpaired) electrons. The second-order valence-electron chi connectivity index (χ2n) is 5.65. The van der Waals surface area contributed by atoms with Crippen molar-refractivity contribution in [2.75, 3.05) is 11.9 Å². The van der Waals surface area contributed by atoms with Crippen LogP contribution >= 0.6 is 0 Å². The first kappa shape index (κ1) is 13.1. The first-order chi connectivity index (χ1) is 8.46. The van der Waals surface area contributed by atoms with Gasteiger partial charge in [-0.05, 0) is 45.7 Å². The summed E-state index contributed by atoms with van der Waals surface area (Å²) in [6.07, 6.45) is 1.59. The van der Waals surface area contributed by atoms with Gasteiger partial charge in [-0.15, -0.1) is 0 Å². The molecule has 0 bridgehead atoms. The summed E-state index contributed by atoms with van der Waals surface area (Å²) in [7, 11) is 0. The number of aryl methyl sites for hydroxylation is 1. The highest BCUT2D eigenvalue weighted by Gasteiger charge is 2.32. The van der Waals surface area contributed by atoms with Gasteiger partial charge in [-0.3, -0.25) is 4.79 Å². The maximum absolute atomic E-state index is 12.2. The van der Waals surface area contributed by atoms with Crippen LogP contribution in [-0.2, 0) is 9.53 Å². The van der Waals surface area contributed by atoms with E-state index >= 15 is 0 Å². The zero-order chi connectivity index (χ0) is 13.2. The molecule has 98 valence electrons. The van der Waals surface area contributed by atoms with Gasteiger partial charge in [-0.1, -0.05) is 17.7 Å². The van der Waals surface area contributed by atoms with Crippen molar-refractivity contribution in [3.63, 3.8) is 0 Å². The fourth-order valence-electron chi connectivity index (χ4n) is 2.34. The van der Waals surface area contributed by atoms with E-state index in [0.717, 1.165) is 18.5 Å². The number of anilines is 1. The van der Waals surface area contributed by atoms with Gasteiger partial charge >= 0.3 is 0 Å². The highest BCUT2D eigenvalue weighted by molar-refractivity contribution is 5.92. The Morgan fingerprint density at radius 2 is 2.00 bits per heavy atom. The van der Waals surface area contributed by atoms with Crippen molar-refractivity contribution in [1.82, 2.24) is 0 Å². The predicted octanol–water partition coefficient (Wildman–Crippen LogP) is 3.14. The van der Waals surface area contributed by atoms with E-state index < -0.39 is 0 Å². The van der Waals surface area contributed by atoms with Gasteiger partial charge < -0.3 is 10.1 Å². The minimum absolute atomic E-state index is 0.0510. The summed E-state index contributed by atoms with van der Waals surface area (Å²) in [4.78, 5) is 12.2. The van der Waals surface area contributed by atoms with Crippen LogP contribution < -0.4 is 5.32 Å². The minimum Gasteiger partial charge on any atom is -0.376 e. The molecule has 1 heterocycles. The molecule has 1 atom stereocenters. The third-order valence-electron chi connectivity index (χ3n) is 3.39. The van der Waals surface area contributed by atoms with Gasteiger partial charge in [0.15, 0.2) is 0 Å². The van der Waals surface area contributed by atoms with E-state index in [4.69, 9.17) is 4.74 Å². The Labute approximate surface area is 109 Å². The molecular weight excluding hydrogens is 226 g/mol. The summed E-state index contributed by atoms with van der Waals surface area (Å²) in [5.74, 6) is 0.158. The van der Waals surface area contributed by atoms with Crippen LogP contribution in [0.5, 0.6) is 0 Å². The maximum atomic E-state index is 12.2. The first-order valence-electron chi connectivity index (χ1n) is 6.48. The van der Waals surface area contributed by atoms with Crippen molar-refractivity contribution < 1.29 is 9.53 Å². The SMILES string of the molecule is Cc1ccc(NC(=O)[C@@H]2CCOC(C)(C)C2)cc1. The van der Waals surface area contributed by atoms with E-state index in [1.807, 2.05) is 45.0 Å². The van der Waals surface area contributed by atoms with Gasteiger partial charge in [0.2, 0.25) is 5.91 Å². The van der Waals surface area contributed by atoms with Gasteiger partial charge in [-0.25, -0.2) is 0 Å². The topological polar surface area (TPSA) is 38.3 Å². The van der Waals surface area contributed by atoms with E-state index in [9.17, 15) is 4.79 Å². The summed E-state index contributed by atoms with van der Waals surface area (Å²) in [6.45, 7) is 6.78. The molecule has 3 nitrogen and oxygen atoms in total. The highest BCUT2D eigenvalue weighted by atomic mass is 16.5. The fraction of sp³-hybridized carbons (Fsp3) is 0.533. The lowest BCUT2D eigenvalue weighted by molar-refractivity contribution is -0.130. The third-order valence-corrected chi connectivity index (χ3v) is 3.39. The zero-order valence-corrected chi connectivity index (χ0v) is 11.3. The van der Waals surface area contributed by atoms with Crippen LogP contribution in [-0.4, -0.2) is 18.1 Å². The van der Waals surface area contributed by atoms with Gasteiger partial charge in [0.05, 0.1) is 5.60 Å². The van der Waals surface area contributed by atoms with E-state index in [2.05, 4.69) is 5.32 Å². The quantitative estimate of drug-likeness (QED) is 0.872. The molecule has 0 spiro atoms. The van der Waals surface area contributed by atoms with Gasteiger partial charge in [-0.2, -0.15) is 0 Å². The molecule has 1 aliphatic heterocycles. The Balaban J connectivity index is 1.97.